The summed E-state index contributed by atoms with van der Waals surface area (Å²) in [6.07, 6.45) is 2.19. The topological polar surface area (TPSA) is 92.8 Å². The average molecular weight is 543 g/mol. The maximum atomic E-state index is 13.2. The molecule has 2 saturated carbocycles. The van der Waals surface area contributed by atoms with Gasteiger partial charge in [0.05, 0.1) is 33.8 Å². The van der Waals surface area contributed by atoms with Crippen LogP contribution in [0.3, 0.4) is 0 Å². The first-order valence-corrected chi connectivity index (χ1v) is 13.5. The molecule has 7 nitrogen and oxygen atoms in total. The van der Waals surface area contributed by atoms with E-state index in [0.717, 1.165) is 34.6 Å². The standard InChI is InChI=1S/C28H28Cl2N2O5/c1-3-14-7-5-8-15(4-2)25(14)31-20(33)13-37-28(36)16-9-6-10-17(11-16)32-26(34)21-18-12-19(22(21)27(32)35)24(30)23(18)29/h5-11,18-19,21-24H,3-4,12-13H2,1-2H3,(H,31,33)/t18-,19-,21-,22+,23-,24+/m1/s1. The Labute approximate surface area is 225 Å². The third-order valence-corrected chi connectivity index (χ3v) is 9.24. The lowest BCUT2D eigenvalue weighted by molar-refractivity contribution is -0.123. The van der Waals surface area contributed by atoms with E-state index in [9.17, 15) is 19.2 Å². The molecule has 1 heterocycles. The Balaban J connectivity index is 1.27. The molecule has 5 rings (SSSR count). The van der Waals surface area contributed by atoms with Crippen molar-refractivity contribution in [3.63, 3.8) is 0 Å². The molecule has 1 saturated heterocycles. The third-order valence-electron chi connectivity index (χ3n) is 7.92. The summed E-state index contributed by atoms with van der Waals surface area (Å²) < 4.78 is 5.25. The summed E-state index contributed by atoms with van der Waals surface area (Å²) in [5.74, 6) is -2.98. The van der Waals surface area contributed by atoms with Crippen molar-refractivity contribution < 1.29 is 23.9 Å². The molecule has 2 aromatic carbocycles. The normalized spacial score (nSPS) is 27.9. The van der Waals surface area contributed by atoms with Gasteiger partial charge >= 0.3 is 5.97 Å². The van der Waals surface area contributed by atoms with Crippen molar-refractivity contribution >= 4 is 58.3 Å². The van der Waals surface area contributed by atoms with Gasteiger partial charge < -0.3 is 10.1 Å². The minimum atomic E-state index is -0.725. The van der Waals surface area contributed by atoms with Crippen molar-refractivity contribution in [1.29, 1.82) is 0 Å². The monoisotopic (exact) mass is 542 g/mol. The molecule has 37 heavy (non-hydrogen) atoms. The summed E-state index contributed by atoms with van der Waals surface area (Å²) >= 11 is 12.9. The molecular formula is C28H28Cl2N2O5. The van der Waals surface area contributed by atoms with Crippen LogP contribution in [-0.4, -0.2) is 41.1 Å². The van der Waals surface area contributed by atoms with Gasteiger partial charge in [0.2, 0.25) is 11.8 Å². The molecule has 6 atom stereocenters. The van der Waals surface area contributed by atoms with Gasteiger partial charge in [-0.1, -0.05) is 38.1 Å². The van der Waals surface area contributed by atoms with Gasteiger partial charge in [0.25, 0.3) is 5.91 Å². The zero-order valence-electron chi connectivity index (χ0n) is 20.6. The highest BCUT2D eigenvalue weighted by Gasteiger charge is 2.66. The summed E-state index contributed by atoms with van der Waals surface area (Å²) in [7, 11) is 0. The molecule has 1 aliphatic heterocycles. The number of imide groups is 1. The predicted molar refractivity (Wildman–Crippen MR) is 141 cm³/mol. The van der Waals surface area contributed by atoms with Crippen molar-refractivity contribution in [2.75, 3.05) is 16.8 Å². The fourth-order valence-electron chi connectivity index (χ4n) is 6.17. The van der Waals surface area contributed by atoms with E-state index in [0.29, 0.717) is 12.1 Å². The quantitative estimate of drug-likeness (QED) is 0.314. The Bertz CT molecular complexity index is 1230. The number of esters is 1. The molecule has 3 amide bonds. The number of nitrogens with zero attached hydrogens (tertiary/aromatic N) is 1. The summed E-state index contributed by atoms with van der Waals surface area (Å²) in [4.78, 5) is 53.0. The maximum absolute atomic E-state index is 13.2. The number of hydrogen-bond acceptors (Lipinski definition) is 5. The van der Waals surface area contributed by atoms with Crippen molar-refractivity contribution in [3.8, 4) is 0 Å². The largest absolute Gasteiger partial charge is 0.452 e. The molecule has 0 aromatic heterocycles. The zero-order valence-corrected chi connectivity index (χ0v) is 22.1. The second kappa shape index (κ2) is 10.1. The number of alkyl halides is 2. The lowest BCUT2D eigenvalue weighted by atomic mass is 9.80. The van der Waals surface area contributed by atoms with Crippen LogP contribution < -0.4 is 10.2 Å². The molecule has 2 bridgehead atoms. The third kappa shape index (κ3) is 4.32. The van der Waals surface area contributed by atoms with Crippen LogP contribution in [0.1, 0.15) is 41.8 Å². The van der Waals surface area contributed by atoms with E-state index in [1.807, 2.05) is 32.0 Å². The number of ether oxygens (including phenoxy) is 1. The number of fused-ring (bicyclic) bond motifs is 5. The van der Waals surface area contributed by atoms with Crippen LogP contribution in [0.15, 0.2) is 42.5 Å². The Morgan fingerprint density at radius 3 is 2.08 bits per heavy atom. The molecule has 2 aromatic rings. The highest BCUT2D eigenvalue weighted by molar-refractivity contribution is 6.32. The molecule has 0 unspecified atom stereocenters. The van der Waals surface area contributed by atoms with E-state index in [-0.39, 0.29) is 40.0 Å². The van der Waals surface area contributed by atoms with Crippen LogP contribution in [0.4, 0.5) is 11.4 Å². The molecular weight excluding hydrogens is 515 g/mol. The first-order valence-electron chi connectivity index (χ1n) is 12.6. The van der Waals surface area contributed by atoms with Crippen molar-refractivity contribution in [2.24, 2.45) is 23.7 Å². The summed E-state index contributed by atoms with van der Waals surface area (Å²) in [6.45, 7) is 3.55. The number of hydrogen-bond donors (Lipinski definition) is 1. The van der Waals surface area contributed by atoms with Gasteiger partial charge in [-0.25, -0.2) is 4.79 Å². The number of aryl methyl sites for hydroxylation is 2. The average Bonchev–Trinajstić information content (AvgIpc) is 3.52. The van der Waals surface area contributed by atoms with Gasteiger partial charge in [-0.15, -0.1) is 23.2 Å². The van der Waals surface area contributed by atoms with Crippen LogP contribution in [-0.2, 0) is 32.0 Å². The number of para-hydroxylation sites is 1. The Morgan fingerprint density at radius 2 is 1.51 bits per heavy atom. The maximum Gasteiger partial charge on any atom is 0.338 e. The minimum absolute atomic E-state index is 0.127. The number of carbonyl (C=O) groups is 4. The van der Waals surface area contributed by atoms with Gasteiger partial charge in [-0.05, 0) is 60.4 Å². The lowest BCUT2D eigenvalue weighted by Crippen LogP contribution is -2.37. The van der Waals surface area contributed by atoms with Gasteiger partial charge in [0.15, 0.2) is 6.61 Å². The summed E-state index contributed by atoms with van der Waals surface area (Å²) in [6, 6.07) is 12.0. The Morgan fingerprint density at radius 1 is 0.946 bits per heavy atom. The highest BCUT2D eigenvalue weighted by atomic mass is 35.5. The molecule has 3 fully saturated rings. The van der Waals surface area contributed by atoms with Gasteiger partial charge in [0.1, 0.15) is 0 Å². The number of amides is 3. The van der Waals surface area contributed by atoms with E-state index in [1.165, 1.54) is 12.1 Å². The second-order valence-electron chi connectivity index (χ2n) is 9.85. The van der Waals surface area contributed by atoms with Crippen molar-refractivity contribution in [1.82, 2.24) is 0 Å². The second-order valence-corrected chi connectivity index (χ2v) is 10.9. The molecule has 9 heteroatoms. The van der Waals surface area contributed by atoms with Gasteiger partial charge in [-0.3, -0.25) is 19.3 Å². The van der Waals surface area contributed by atoms with Gasteiger partial charge in [0, 0.05) is 5.69 Å². The van der Waals surface area contributed by atoms with Crippen molar-refractivity contribution in [3.05, 3.63) is 59.2 Å². The number of rotatable bonds is 7. The van der Waals surface area contributed by atoms with Crippen LogP contribution in [0.2, 0.25) is 0 Å². The van der Waals surface area contributed by atoms with Crippen LogP contribution in [0.25, 0.3) is 0 Å². The van der Waals surface area contributed by atoms with Crippen LogP contribution >= 0.6 is 23.2 Å². The molecule has 1 N–H and O–H groups in total. The van der Waals surface area contributed by atoms with E-state index < -0.39 is 30.3 Å². The van der Waals surface area contributed by atoms with Crippen LogP contribution in [0.5, 0.6) is 0 Å². The minimum Gasteiger partial charge on any atom is -0.452 e. The molecule has 3 aliphatic rings. The summed E-state index contributed by atoms with van der Waals surface area (Å²) in [5.41, 5.74) is 3.19. The molecule has 2 aliphatic carbocycles. The van der Waals surface area contributed by atoms with Crippen LogP contribution in [0, 0.1) is 23.7 Å². The molecule has 0 spiro atoms. The first-order chi connectivity index (χ1) is 17.8. The van der Waals surface area contributed by atoms with Crippen molar-refractivity contribution in [2.45, 2.75) is 43.9 Å². The SMILES string of the molecule is CCc1cccc(CC)c1NC(=O)COC(=O)c1cccc(N2C(=O)[C@@H]3[C@H]4C[C@@H]([C@H](Cl)[C@@H]4Cl)[C@@H]3C2=O)c1. The van der Waals surface area contributed by atoms with E-state index in [4.69, 9.17) is 27.9 Å². The predicted octanol–water partition coefficient (Wildman–Crippen LogP) is 4.58. The number of anilines is 2. The van der Waals surface area contributed by atoms with E-state index >= 15 is 0 Å². The van der Waals surface area contributed by atoms with E-state index in [2.05, 4.69) is 5.32 Å². The molecule has 0 radical (unpaired) electrons. The fraction of sp³-hybridized carbons (Fsp3) is 0.429. The lowest BCUT2D eigenvalue weighted by Gasteiger charge is -2.28. The number of halogens is 2. The number of benzene rings is 2. The Hall–Kier alpha value is -2.90. The highest BCUT2D eigenvalue weighted by Crippen LogP contribution is 2.59. The van der Waals surface area contributed by atoms with E-state index in [1.54, 1.807) is 12.1 Å². The smallest absolute Gasteiger partial charge is 0.338 e. The first kappa shape index (κ1) is 25.7. The summed E-state index contributed by atoms with van der Waals surface area (Å²) in [5, 5.41) is 2.19. The number of nitrogens with one attached hydrogen (secondary N) is 1. The zero-order chi connectivity index (χ0) is 26.4. The van der Waals surface area contributed by atoms with Gasteiger partial charge in [-0.2, -0.15) is 0 Å². The number of carbonyl (C=O) groups excluding carboxylic acids is 4. The molecule has 194 valence electrons. The fourth-order valence-corrected chi connectivity index (χ4v) is 7.06. The Kier molecular flexibility index (Phi) is 7.03.